The Balaban J connectivity index is 2.26. The van der Waals surface area contributed by atoms with E-state index in [2.05, 4.69) is 15.9 Å². The molecule has 5 nitrogen and oxygen atoms in total. The van der Waals surface area contributed by atoms with E-state index >= 15 is 0 Å². The maximum absolute atomic E-state index is 12.3. The first kappa shape index (κ1) is 16.0. The van der Waals surface area contributed by atoms with Crippen molar-refractivity contribution < 1.29 is 14.4 Å². The predicted octanol–water partition coefficient (Wildman–Crippen LogP) is 2.20. The molecule has 0 bridgehead atoms. The van der Waals surface area contributed by atoms with Gasteiger partial charge in [0.2, 0.25) is 5.91 Å². The summed E-state index contributed by atoms with van der Waals surface area (Å²) in [6, 6.07) is 5.82. The lowest BCUT2D eigenvalue weighted by Gasteiger charge is -2.26. The first-order valence-corrected chi connectivity index (χ1v) is 8.02. The van der Waals surface area contributed by atoms with E-state index in [4.69, 9.17) is 4.84 Å². The zero-order valence-electron chi connectivity index (χ0n) is 12.3. The summed E-state index contributed by atoms with van der Waals surface area (Å²) in [5.41, 5.74) is 2.74. The van der Waals surface area contributed by atoms with Crippen LogP contribution in [-0.2, 0) is 14.4 Å². The van der Waals surface area contributed by atoms with Crippen LogP contribution in [0.1, 0.15) is 17.5 Å². The van der Waals surface area contributed by atoms with Gasteiger partial charge in [-0.3, -0.25) is 14.4 Å². The van der Waals surface area contributed by atoms with Gasteiger partial charge in [0, 0.05) is 0 Å². The van der Waals surface area contributed by atoms with Crippen LogP contribution in [0, 0.1) is 13.8 Å². The van der Waals surface area contributed by atoms with Gasteiger partial charge in [-0.1, -0.05) is 34.1 Å². The summed E-state index contributed by atoms with van der Waals surface area (Å²) >= 11 is 3.19. The molecule has 1 saturated heterocycles. The summed E-state index contributed by atoms with van der Waals surface area (Å²) in [5.74, 6) is -0.329. The largest absolute Gasteiger partial charge is 0.302 e. The van der Waals surface area contributed by atoms with E-state index in [1.807, 2.05) is 32.0 Å². The second-order valence-electron chi connectivity index (χ2n) is 5.04. The molecule has 1 fully saturated rings. The molecule has 0 aromatic heterocycles. The number of carbonyl (C=O) groups is 2. The maximum Gasteiger partial charge on any atom is 0.266 e. The standard InChI is InChI=1S/C15H19BrN2O3/c1-11-5-3-6-12(2)15(11)17(13(19)9-16)10-14(20)18-7-4-8-21-18/h3,5-6H,4,7-10H2,1-2H3. The molecule has 1 aromatic rings. The monoisotopic (exact) mass is 354 g/mol. The van der Waals surface area contributed by atoms with Crippen LogP contribution < -0.4 is 4.90 Å². The molecule has 1 aliphatic rings. The average molecular weight is 355 g/mol. The number of rotatable bonds is 4. The Hall–Kier alpha value is -1.40. The van der Waals surface area contributed by atoms with Gasteiger partial charge in [0.05, 0.1) is 24.2 Å². The number of hydrogen-bond acceptors (Lipinski definition) is 3. The van der Waals surface area contributed by atoms with Crippen LogP contribution in [0.5, 0.6) is 0 Å². The van der Waals surface area contributed by atoms with Gasteiger partial charge in [0.1, 0.15) is 6.54 Å². The van der Waals surface area contributed by atoms with Crippen LogP contribution in [0.3, 0.4) is 0 Å². The Morgan fingerprint density at radius 3 is 2.52 bits per heavy atom. The van der Waals surface area contributed by atoms with Crippen molar-refractivity contribution in [2.45, 2.75) is 20.3 Å². The summed E-state index contributed by atoms with van der Waals surface area (Å²) in [6.07, 6.45) is 0.835. The Labute approximate surface area is 132 Å². The summed E-state index contributed by atoms with van der Waals surface area (Å²) in [5, 5.41) is 1.52. The van der Waals surface area contributed by atoms with Gasteiger partial charge >= 0.3 is 0 Å². The van der Waals surface area contributed by atoms with E-state index in [-0.39, 0.29) is 23.7 Å². The van der Waals surface area contributed by atoms with Crippen molar-refractivity contribution in [3.8, 4) is 0 Å². The van der Waals surface area contributed by atoms with Gasteiger partial charge in [-0.2, -0.15) is 0 Å². The molecule has 0 aliphatic carbocycles. The summed E-state index contributed by atoms with van der Waals surface area (Å²) in [6.45, 7) is 5.01. The topological polar surface area (TPSA) is 49.9 Å². The van der Waals surface area contributed by atoms with E-state index in [9.17, 15) is 9.59 Å². The molecular weight excluding hydrogens is 336 g/mol. The number of aryl methyl sites for hydroxylation is 2. The number of hydroxylamine groups is 2. The molecule has 0 saturated carbocycles. The number of halogens is 1. The summed E-state index contributed by atoms with van der Waals surface area (Å²) in [7, 11) is 0. The number of benzene rings is 1. The molecular formula is C15H19BrN2O3. The lowest BCUT2D eigenvalue weighted by molar-refractivity contribution is -0.167. The maximum atomic E-state index is 12.3. The Morgan fingerprint density at radius 1 is 1.33 bits per heavy atom. The van der Waals surface area contributed by atoms with Crippen molar-refractivity contribution >= 4 is 33.4 Å². The summed E-state index contributed by atoms with van der Waals surface area (Å²) < 4.78 is 0. The quantitative estimate of drug-likeness (QED) is 0.778. The average Bonchev–Trinajstić information content (AvgIpc) is 2.99. The van der Waals surface area contributed by atoms with Gasteiger partial charge in [-0.25, -0.2) is 5.06 Å². The minimum absolute atomic E-state index is 0.00384. The first-order chi connectivity index (χ1) is 10.0. The molecule has 114 valence electrons. The smallest absolute Gasteiger partial charge is 0.266 e. The minimum atomic E-state index is -0.190. The summed E-state index contributed by atoms with van der Waals surface area (Å²) in [4.78, 5) is 31.3. The number of amides is 2. The Kier molecular flexibility index (Phi) is 5.36. The second-order valence-corrected chi connectivity index (χ2v) is 5.60. The third-order valence-electron chi connectivity index (χ3n) is 3.45. The molecule has 2 amide bonds. The van der Waals surface area contributed by atoms with Gasteiger partial charge in [-0.05, 0) is 31.4 Å². The molecule has 6 heteroatoms. The van der Waals surface area contributed by atoms with Gasteiger partial charge in [0.25, 0.3) is 5.91 Å². The molecule has 2 rings (SSSR count). The van der Waals surface area contributed by atoms with Gasteiger partial charge < -0.3 is 4.90 Å². The fourth-order valence-electron chi connectivity index (χ4n) is 2.45. The molecule has 1 aromatic carbocycles. The van der Waals surface area contributed by atoms with Crippen LogP contribution in [0.25, 0.3) is 0 Å². The highest BCUT2D eigenvalue weighted by atomic mass is 79.9. The molecule has 21 heavy (non-hydrogen) atoms. The number of carbonyl (C=O) groups excluding carboxylic acids is 2. The number of alkyl halides is 1. The van der Waals surface area contributed by atoms with Crippen molar-refractivity contribution in [1.82, 2.24) is 5.06 Å². The minimum Gasteiger partial charge on any atom is -0.302 e. The third-order valence-corrected chi connectivity index (χ3v) is 3.93. The molecule has 0 unspecified atom stereocenters. The molecule has 0 radical (unpaired) electrons. The van der Waals surface area contributed by atoms with Crippen LogP contribution >= 0.6 is 15.9 Å². The van der Waals surface area contributed by atoms with Crippen molar-refractivity contribution in [3.63, 3.8) is 0 Å². The normalized spacial score (nSPS) is 14.3. The van der Waals surface area contributed by atoms with Crippen molar-refractivity contribution in [1.29, 1.82) is 0 Å². The molecule has 1 heterocycles. The lowest BCUT2D eigenvalue weighted by Crippen LogP contribution is -2.42. The zero-order chi connectivity index (χ0) is 15.4. The Bertz CT molecular complexity index is 521. The van der Waals surface area contributed by atoms with Crippen molar-refractivity contribution in [2.24, 2.45) is 0 Å². The second kappa shape index (κ2) is 7.04. The number of nitrogens with zero attached hydrogens (tertiary/aromatic N) is 2. The van der Waals surface area contributed by atoms with E-state index in [1.165, 1.54) is 9.96 Å². The van der Waals surface area contributed by atoms with E-state index in [1.54, 1.807) is 0 Å². The highest BCUT2D eigenvalue weighted by molar-refractivity contribution is 9.09. The van der Waals surface area contributed by atoms with Gasteiger partial charge in [0.15, 0.2) is 0 Å². The number of para-hydroxylation sites is 1. The zero-order valence-corrected chi connectivity index (χ0v) is 13.9. The molecule has 0 atom stereocenters. The fraction of sp³-hybridized carbons (Fsp3) is 0.467. The van der Waals surface area contributed by atoms with Crippen molar-refractivity contribution in [2.75, 3.05) is 29.9 Å². The van der Waals surface area contributed by atoms with Gasteiger partial charge in [-0.15, -0.1) is 0 Å². The van der Waals surface area contributed by atoms with Crippen LogP contribution in [-0.4, -0.2) is 41.9 Å². The van der Waals surface area contributed by atoms with E-state index < -0.39 is 0 Å². The van der Waals surface area contributed by atoms with E-state index in [0.29, 0.717) is 13.2 Å². The lowest BCUT2D eigenvalue weighted by atomic mass is 10.1. The highest BCUT2D eigenvalue weighted by Crippen LogP contribution is 2.25. The first-order valence-electron chi connectivity index (χ1n) is 6.90. The molecule has 0 N–H and O–H groups in total. The SMILES string of the molecule is Cc1cccc(C)c1N(CC(=O)N1CCCO1)C(=O)CBr. The Morgan fingerprint density at radius 2 is 2.00 bits per heavy atom. The molecule has 0 spiro atoms. The van der Waals surface area contributed by atoms with Crippen LogP contribution in [0.15, 0.2) is 18.2 Å². The molecule has 1 aliphatic heterocycles. The van der Waals surface area contributed by atoms with Crippen LogP contribution in [0.2, 0.25) is 0 Å². The van der Waals surface area contributed by atoms with E-state index in [0.717, 1.165) is 23.2 Å². The highest BCUT2D eigenvalue weighted by Gasteiger charge is 2.26. The number of hydrogen-bond donors (Lipinski definition) is 0. The number of anilines is 1. The van der Waals surface area contributed by atoms with Crippen molar-refractivity contribution in [3.05, 3.63) is 29.3 Å². The predicted molar refractivity (Wildman–Crippen MR) is 84.3 cm³/mol. The third kappa shape index (κ3) is 3.63. The fourth-order valence-corrected chi connectivity index (χ4v) is 2.76. The van der Waals surface area contributed by atoms with Crippen LogP contribution in [0.4, 0.5) is 5.69 Å².